The first-order chi connectivity index (χ1) is 6.72. The van der Waals surface area contributed by atoms with Crippen molar-refractivity contribution in [2.24, 2.45) is 0 Å². The Balaban J connectivity index is 2.51. The third kappa shape index (κ3) is 3.26. The zero-order chi connectivity index (χ0) is 10.4. The maximum atomic E-state index is 12.7. The molecule has 14 heavy (non-hydrogen) atoms. The number of carbonyl (C=O) groups is 1. The molecule has 0 heterocycles. The molecule has 0 radical (unpaired) electrons. The van der Waals surface area contributed by atoms with Crippen molar-refractivity contribution in [3.63, 3.8) is 0 Å². The molecule has 0 aromatic heterocycles. The number of hydrogen-bond donors (Lipinski definition) is 1. The fraction of sp³-hybridized carbons (Fsp3) is 0.100. The average Bonchev–Trinajstić information content (AvgIpc) is 2.15. The molecule has 3 nitrogen and oxygen atoms in total. The largest absolute Gasteiger partial charge is 0.445 e. The van der Waals surface area contributed by atoms with Gasteiger partial charge in [0.1, 0.15) is 12.4 Å². The first-order valence-corrected chi connectivity index (χ1v) is 4.02. The van der Waals surface area contributed by atoms with Crippen molar-refractivity contribution in [1.29, 1.82) is 0 Å². The van der Waals surface area contributed by atoms with Crippen LogP contribution in [0.15, 0.2) is 36.9 Å². The van der Waals surface area contributed by atoms with Crippen molar-refractivity contribution in [2.45, 2.75) is 0 Å². The van der Waals surface area contributed by atoms with Crippen LogP contribution in [0.5, 0.6) is 0 Å². The third-order valence-electron chi connectivity index (χ3n) is 1.40. The Morgan fingerprint density at radius 2 is 2.43 bits per heavy atom. The number of halogens is 1. The highest BCUT2D eigenvalue weighted by Crippen LogP contribution is 2.08. The van der Waals surface area contributed by atoms with Gasteiger partial charge in [-0.2, -0.15) is 0 Å². The lowest BCUT2D eigenvalue weighted by atomic mass is 10.3. The van der Waals surface area contributed by atoms with E-state index in [-0.39, 0.29) is 6.61 Å². The Morgan fingerprint density at radius 3 is 3.07 bits per heavy atom. The van der Waals surface area contributed by atoms with Crippen LogP contribution in [-0.2, 0) is 4.74 Å². The lowest BCUT2D eigenvalue weighted by molar-refractivity contribution is 0.174. The summed E-state index contributed by atoms with van der Waals surface area (Å²) in [5.74, 6) is -0.411. The Bertz CT molecular complexity index is 339. The molecule has 0 aliphatic carbocycles. The Kier molecular flexibility index (Phi) is 3.67. The maximum Gasteiger partial charge on any atom is 0.411 e. The van der Waals surface area contributed by atoms with E-state index in [4.69, 9.17) is 0 Å². The van der Waals surface area contributed by atoms with E-state index in [0.29, 0.717) is 5.69 Å². The molecule has 1 aromatic rings. The van der Waals surface area contributed by atoms with Gasteiger partial charge < -0.3 is 4.74 Å². The standard InChI is InChI=1S/C10H10FNO2/c1-2-6-14-10(13)12-9-5-3-4-8(11)7-9/h2-5,7H,1,6H2,(H,12,13). The average molecular weight is 195 g/mol. The fourth-order valence-corrected chi connectivity index (χ4v) is 0.855. The highest BCUT2D eigenvalue weighted by molar-refractivity contribution is 5.84. The smallest absolute Gasteiger partial charge is 0.411 e. The lowest BCUT2D eigenvalue weighted by Crippen LogP contribution is -2.13. The first kappa shape index (κ1) is 10.2. The van der Waals surface area contributed by atoms with Gasteiger partial charge in [-0.25, -0.2) is 9.18 Å². The predicted molar refractivity (Wildman–Crippen MR) is 51.6 cm³/mol. The summed E-state index contributed by atoms with van der Waals surface area (Å²) >= 11 is 0. The summed E-state index contributed by atoms with van der Waals surface area (Å²) in [5.41, 5.74) is 0.360. The molecule has 0 bridgehead atoms. The van der Waals surface area contributed by atoms with E-state index < -0.39 is 11.9 Å². The van der Waals surface area contributed by atoms with E-state index >= 15 is 0 Å². The van der Waals surface area contributed by atoms with Crippen LogP contribution in [0.25, 0.3) is 0 Å². The zero-order valence-corrected chi connectivity index (χ0v) is 7.50. The number of benzene rings is 1. The van der Waals surface area contributed by atoms with Crippen molar-refractivity contribution in [3.8, 4) is 0 Å². The monoisotopic (exact) mass is 195 g/mol. The van der Waals surface area contributed by atoms with Gasteiger partial charge in [0.25, 0.3) is 0 Å². The quantitative estimate of drug-likeness (QED) is 0.752. The molecular formula is C10H10FNO2. The van der Waals surface area contributed by atoms with Crippen molar-refractivity contribution < 1.29 is 13.9 Å². The molecule has 1 aromatic carbocycles. The lowest BCUT2D eigenvalue weighted by Gasteiger charge is -2.04. The molecule has 0 aliphatic heterocycles. The van der Waals surface area contributed by atoms with Gasteiger partial charge in [0, 0.05) is 5.69 Å². The van der Waals surface area contributed by atoms with Crippen LogP contribution >= 0.6 is 0 Å². The molecule has 1 amide bonds. The normalized spacial score (nSPS) is 9.21. The van der Waals surface area contributed by atoms with Crippen LogP contribution in [0.4, 0.5) is 14.9 Å². The van der Waals surface area contributed by atoms with Gasteiger partial charge in [0.15, 0.2) is 0 Å². The second-order valence-corrected chi connectivity index (χ2v) is 2.52. The number of nitrogens with one attached hydrogen (secondary N) is 1. The second kappa shape index (κ2) is 5.01. The minimum absolute atomic E-state index is 0.126. The number of carbonyl (C=O) groups excluding carboxylic acids is 1. The molecule has 0 spiro atoms. The number of hydrogen-bond acceptors (Lipinski definition) is 2. The summed E-state index contributed by atoms with van der Waals surface area (Å²) < 4.78 is 17.3. The summed E-state index contributed by atoms with van der Waals surface area (Å²) in [6.45, 7) is 3.51. The molecule has 0 fully saturated rings. The van der Waals surface area contributed by atoms with Crippen LogP contribution in [0.2, 0.25) is 0 Å². The van der Waals surface area contributed by atoms with E-state index in [0.717, 1.165) is 0 Å². The Labute approximate surface area is 81.2 Å². The summed E-state index contributed by atoms with van der Waals surface area (Å²) in [5, 5.41) is 2.37. The van der Waals surface area contributed by atoms with Gasteiger partial charge in [0.05, 0.1) is 0 Å². The molecule has 0 aliphatic rings. The van der Waals surface area contributed by atoms with Crippen LogP contribution in [0, 0.1) is 5.82 Å². The minimum Gasteiger partial charge on any atom is -0.445 e. The highest BCUT2D eigenvalue weighted by atomic mass is 19.1. The number of anilines is 1. The highest BCUT2D eigenvalue weighted by Gasteiger charge is 2.01. The van der Waals surface area contributed by atoms with E-state index in [1.165, 1.54) is 24.3 Å². The van der Waals surface area contributed by atoms with E-state index in [1.54, 1.807) is 6.07 Å². The van der Waals surface area contributed by atoms with Gasteiger partial charge in [-0.05, 0) is 18.2 Å². The summed E-state index contributed by atoms with van der Waals surface area (Å²) in [6.07, 6.45) is 0.820. The van der Waals surface area contributed by atoms with Gasteiger partial charge in [-0.15, -0.1) is 0 Å². The van der Waals surface area contributed by atoms with E-state index in [1.807, 2.05) is 0 Å². The summed E-state index contributed by atoms with van der Waals surface area (Å²) in [6, 6.07) is 5.56. The van der Waals surface area contributed by atoms with Crippen LogP contribution in [-0.4, -0.2) is 12.7 Å². The number of amides is 1. The molecule has 1 N–H and O–H groups in total. The zero-order valence-electron chi connectivity index (χ0n) is 7.50. The van der Waals surface area contributed by atoms with Crippen molar-refractivity contribution in [2.75, 3.05) is 11.9 Å². The predicted octanol–water partition coefficient (Wildman–Crippen LogP) is 2.56. The van der Waals surface area contributed by atoms with Gasteiger partial charge >= 0.3 is 6.09 Å². The Hall–Kier alpha value is -1.84. The van der Waals surface area contributed by atoms with Gasteiger partial charge in [-0.1, -0.05) is 18.7 Å². The van der Waals surface area contributed by atoms with E-state index in [2.05, 4.69) is 16.6 Å². The molecule has 0 saturated heterocycles. The Morgan fingerprint density at radius 1 is 1.64 bits per heavy atom. The van der Waals surface area contributed by atoms with E-state index in [9.17, 15) is 9.18 Å². The third-order valence-corrected chi connectivity index (χ3v) is 1.40. The van der Waals surface area contributed by atoms with Crippen LogP contribution in [0.3, 0.4) is 0 Å². The molecule has 1 rings (SSSR count). The topological polar surface area (TPSA) is 38.3 Å². The molecule has 0 atom stereocenters. The minimum atomic E-state index is -0.629. The molecule has 4 heteroatoms. The maximum absolute atomic E-state index is 12.7. The summed E-state index contributed by atoms with van der Waals surface area (Å²) in [4.78, 5) is 11.0. The van der Waals surface area contributed by atoms with Gasteiger partial charge in [0.2, 0.25) is 0 Å². The SMILES string of the molecule is C=CCOC(=O)Nc1cccc(F)c1. The van der Waals surface area contributed by atoms with Crippen molar-refractivity contribution >= 4 is 11.8 Å². The first-order valence-electron chi connectivity index (χ1n) is 4.02. The van der Waals surface area contributed by atoms with Crippen molar-refractivity contribution in [1.82, 2.24) is 0 Å². The fourth-order valence-electron chi connectivity index (χ4n) is 0.855. The molecule has 74 valence electrons. The van der Waals surface area contributed by atoms with Crippen LogP contribution < -0.4 is 5.32 Å². The summed E-state index contributed by atoms with van der Waals surface area (Å²) in [7, 11) is 0. The molecule has 0 unspecified atom stereocenters. The molecule has 0 saturated carbocycles. The number of rotatable bonds is 3. The van der Waals surface area contributed by atoms with Gasteiger partial charge in [-0.3, -0.25) is 5.32 Å². The van der Waals surface area contributed by atoms with Crippen molar-refractivity contribution in [3.05, 3.63) is 42.7 Å². The molecular weight excluding hydrogens is 185 g/mol. The number of ether oxygens (including phenoxy) is 1. The second-order valence-electron chi connectivity index (χ2n) is 2.52. The van der Waals surface area contributed by atoms with Crippen LogP contribution in [0.1, 0.15) is 0 Å².